The highest BCUT2D eigenvalue weighted by molar-refractivity contribution is 14.0. The van der Waals surface area contributed by atoms with Crippen molar-refractivity contribution in [1.29, 1.82) is 0 Å². The lowest BCUT2D eigenvalue weighted by Crippen LogP contribution is -2.47. The van der Waals surface area contributed by atoms with E-state index in [4.69, 9.17) is 9.73 Å². The summed E-state index contributed by atoms with van der Waals surface area (Å²) in [5, 5.41) is 6.93. The number of halogens is 1. The van der Waals surface area contributed by atoms with Crippen LogP contribution < -0.4 is 10.6 Å². The standard InChI is InChI=1S/C18H27N3O.HI/c1-3-19-18(21-16-11-15-9-10-17(16)22-15)20-12-13(2)14-7-5-4-6-8-14;/h4-8,13,15-17H,3,9-12H2,1-2H3,(H2,19,20,21);1H. The van der Waals surface area contributed by atoms with Gasteiger partial charge < -0.3 is 15.4 Å². The molecule has 0 saturated carbocycles. The fraction of sp³-hybridized carbons (Fsp3) is 0.611. The molecule has 0 radical (unpaired) electrons. The Labute approximate surface area is 156 Å². The summed E-state index contributed by atoms with van der Waals surface area (Å²) >= 11 is 0. The van der Waals surface area contributed by atoms with Gasteiger partial charge in [0.25, 0.3) is 0 Å². The molecule has 4 atom stereocenters. The zero-order valence-corrected chi connectivity index (χ0v) is 16.3. The third-order valence-electron chi connectivity index (χ3n) is 4.66. The predicted molar refractivity (Wildman–Crippen MR) is 106 cm³/mol. The number of benzene rings is 1. The zero-order valence-electron chi connectivity index (χ0n) is 14.0. The minimum absolute atomic E-state index is 0. The van der Waals surface area contributed by atoms with E-state index in [1.54, 1.807) is 0 Å². The van der Waals surface area contributed by atoms with E-state index in [9.17, 15) is 0 Å². The van der Waals surface area contributed by atoms with Crippen LogP contribution in [0.4, 0.5) is 0 Å². The van der Waals surface area contributed by atoms with E-state index in [1.165, 1.54) is 18.4 Å². The van der Waals surface area contributed by atoms with Crippen molar-refractivity contribution in [1.82, 2.24) is 10.6 Å². The van der Waals surface area contributed by atoms with Crippen LogP contribution in [0.1, 0.15) is 44.6 Å². The molecule has 2 N–H and O–H groups in total. The first kappa shape index (κ1) is 18.5. The Morgan fingerprint density at radius 1 is 1.30 bits per heavy atom. The number of hydrogen-bond acceptors (Lipinski definition) is 2. The SMILES string of the molecule is CCNC(=NCC(C)c1ccccc1)NC1CC2CCC1O2.I. The molecule has 0 amide bonds. The second-order valence-electron chi connectivity index (χ2n) is 6.39. The quantitative estimate of drug-likeness (QED) is 0.429. The third kappa shape index (κ3) is 4.83. The Kier molecular flexibility index (Phi) is 7.14. The van der Waals surface area contributed by atoms with Gasteiger partial charge in [0, 0.05) is 19.0 Å². The van der Waals surface area contributed by atoms with Crippen LogP contribution in [-0.2, 0) is 4.74 Å². The molecule has 0 spiro atoms. The van der Waals surface area contributed by atoms with Gasteiger partial charge in [-0.05, 0) is 31.7 Å². The Morgan fingerprint density at radius 2 is 2.09 bits per heavy atom. The molecule has 4 nitrogen and oxygen atoms in total. The summed E-state index contributed by atoms with van der Waals surface area (Å²) in [6.07, 6.45) is 4.36. The van der Waals surface area contributed by atoms with Crippen molar-refractivity contribution in [2.45, 2.75) is 57.3 Å². The summed E-state index contributed by atoms with van der Waals surface area (Å²) in [6.45, 7) is 6.01. The monoisotopic (exact) mass is 429 g/mol. The second-order valence-corrected chi connectivity index (χ2v) is 6.39. The summed E-state index contributed by atoms with van der Waals surface area (Å²) in [5.74, 6) is 1.35. The summed E-state index contributed by atoms with van der Waals surface area (Å²) in [6, 6.07) is 11.0. The van der Waals surface area contributed by atoms with E-state index >= 15 is 0 Å². The van der Waals surface area contributed by atoms with Gasteiger partial charge in [-0.2, -0.15) is 0 Å². The molecule has 2 fully saturated rings. The van der Waals surface area contributed by atoms with Crippen LogP contribution in [0.3, 0.4) is 0 Å². The third-order valence-corrected chi connectivity index (χ3v) is 4.66. The van der Waals surface area contributed by atoms with Gasteiger partial charge in [-0.25, -0.2) is 0 Å². The Bertz CT molecular complexity index is 508. The van der Waals surface area contributed by atoms with Crippen LogP contribution in [-0.4, -0.2) is 37.3 Å². The molecule has 128 valence electrons. The molecule has 2 heterocycles. The second kappa shape index (κ2) is 8.87. The van der Waals surface area contributed by atoms with Crippen molar-refractivity contribution < 1.29 is 4.74 Å². The van der Waals surface area contributed by atoms with Crippen LogP contribution in [0.2, 0.25) is 0 Å². The summed E-state index contributed by atoms with van der Waals surface area (Å²) in [4.78, 5) is 4.78. The van der Waals surface area contributed by atoms with Gasteiger partial charge in [-0.3, -0.25) is 4.99 Å². The summed E-state index contributed by atoms with van der Waals surface area (Å²) in [5.41, 5.74) is 1.34. The van der Waals surface area contributed by atoms with Gasteiger partial charge in [0.1, 0.15) is 0 Å². The maximum Gasteiger partial charge on any atom is 0.191 e. The highest BCUT2D eigenvalue weighted by atomic mass is 127. The van der Waals surface area contributed by atoms with Crippen molar-refractivity contribution in [3.05, 3.63) is 35.9 Å². The smallest absolute Gasteiger partial charge is 0.191 e. The van der Waals surface area contributed by atoms with Crippen LogP contribution in [0.25, 0.3) is 0 Å². The fourth-order valence-electron chi connectivity index (χ4n) is 3.40. The molecule has 2 aliphatic heterocycles. The minimum Gasteiger partial charge on any atom is -0.373 e. The lowest BCUT2D eigenvalue weighted by Gasteiger charge is -2.23. The molecule has 0 aromatic heterocycles. The Morgan fingerprint density at radius 3 is 2.70 bits per heavy atom. The number of fused-ring (bicyclic) bond motifs is 2. The minimum atomic E-state index is 0. The molecular weight excluding hydrogens is 401 g/mol. The van der Waals surface area contributed by atoms with E-state index in [2.05, 4.69) is 54.8 Å². The van der Waals surface area contributed by atoms with Gasteiger partial charge in [0.05, 0.1) is 18.2 Å². The molecule has 5 heteroatoms. The molecule has 1 aromatic carbocycles. The Hall–Kier alpha value is -0.820. The molecule has 2 aliphatic rings. The maximum atomic E-state index is 5.91. The van der Waals surface area contributed by atoms with Crippen LogP contribution in [0, 0.1) is 0 Å². The van der Waals surface area contributed by atoms with E-state index in [1.807, 2.05) is 0 Å². The fourth-order valence-corrected chi connectivity index (χ4v) is 3.40. The molecule has 4 unspecified atom stereocenters. The van der Waals surface area contributed by atoms with Gasteiger partial charge in [-0.1, -0.05) is 37.3 Å². The number of ether oxygens (including phenoxy) is 1. The molecule has 23 heavy (non-hydrogen) atoms. The zero-order chi connectivity index (χ0) is 15.4. The van der Waals surface area contributed by atoms with Crippen LogP contribution >= 0.6 is 24.0 Å². The number of rotatable bonds is 5. The largest absolute Gasteiger partial charge is 0.373 e. The topological polar surface area (TPSA) is 45.7 Å². The lowest BCUT2D eigenvalue weighted by atomic mass is 9.96. The summed E-state index contributed by atoms with van der Waals surface area (Å²) in [7, 11) is 0. The number of nitrogens with one attached hydrogen (secondary N) is 2. The van der Waals surface area contributed by atoms with Gasteiger partial charge >= 0.3 is 0 Å². The van der Waals surface area contributed by atoms with Crippen molar-refractivity contribution in [2.24, 2.45) is 4.99 Å². The van der Waals surface area contributed by atoms with E-state index < -0.39 is 0 Å². The van der Waals surface area contributed by atoms with Gasteiger partial charge in [0.2, 0.25) is 0 Å². The lowest BCUT2D eigenvalue weighted by molar-refractivity contribution is 0.0992. The van der Waals surface area contributed by atoms with Crippen molar-refractivity contribution in [2.75, 3.05) is 13.1 Å². The van der Waals surface area contributed by atoms with E-state index in [0.29, 0.717) is 24.2 Å². The predicted octanol–water partition coefficient (Wildman–Crippen LogP) is 3.28. The Balaban J connectivity index is 0.00000192. The molecule has 2 saturated heterocycles. The number of hydrogen-bond donors (Lipinski definition) is 2. The molecule has 2 bridgehead atoms. The molecule has 3 rings (SSSR count). The van der Waals surface area contributed by atoms with Crippen LogP contribution in [0.15, 0.2) is 35.3 Å². The first-order valence-electron chi connectivity index (χ1n) is 8.51. The molecule has 1 aromatic rings. The summed E-state index contributed by atoms with van der Waals surface area (Å²) < 4.78 is 5.91. The average molecular weight is 429 g/mol. The van der Waals surface area contributed by atoms with Gasteiger partial charge in [0.15, 0.2) is 5.96 Å². The maximum absolute atomic E-state index is 5.91. The number of guanidine groups is 1. The average Bonchev–Trinajstić information content (AvgIpc) is 3.16. The van der Waals surface area contributed by atoms with Crippen molar-refractivity contribution in [3.63, 3.8) is 0 Å². The normalized spacial score (nSPS) is 27.4. The van der Waals surface area contributed by atoms with Gasteiger partial charge in [-0.15, -0.1) is 24.0 Å². The van der Waals surface area contributed by atoms with E-state index in [-0.39, 0.29) is 24.0 Å². The number of aliphatic imine (C=N–C) groups is 1. The van der Waals surface area contributed by atoms with Crippen LogP contribution in [0.5, 0.6) is 0 Å². The first-order chi connectivity index (χ1) is 10.8. The highest BCUT2D eigenvalue weighted by Crippen LogP contribution is 2.34. The molecular formula is C18H28IN3O. The first-order valence-corrected chi connectivity index (χ1v) is 8.51. The molecule has 0 aliphatic carbocycles. The number of nitrogens with zero attached hydrogens (tertiary/aromatic N) is 1. The van der Waals surface area contributed by atoms with Crippen molar-refractivity contribution >= 4 is 29.9 Å². The van der Waals surface area contributed by atoms with Crippen molar-refractivity contribution in [3.8, 4) is 0 Å². The highest BCUT2D eigenvalue weighted by Gasteiger charge is 2.41. The van der Waals surface area contributed by atoms with E-state index in [0.717, 1.165) is 25.5 Å².